The molecule has 1 aromatic carbocycles. The van der Waals surface area contributed by atoms with E-state index in [1.807, 2.05) is 30.5 Å². The minimum Gasteiger partial charge on any atom is -0.492 e. The largest absolute Gasteiger partial charge is 0.492 e. The van der Waals surface area contributed by atoms with Crippen LogP contribution in [0.25, 0.3) is 0 Å². The third kappa shape index (κ3) is 7.23. The molecule has 0 saturated heterocycles. The topological polar surface area (TPSA) is 58.5 Å². The number of ether oxygens (including phenoxy) is 1. The monoisotopic (exact) mass is 480 g/mol. The summed E-state index contributed by atoms with van der Waals surface area (Å²) in [5.74, 6) is 1.53. The molecule has 2 N–H and O–H groups in total. The lowest BCUT2D eigenvalue weighted by atomic mass is 10.3. The van der Waals surface area contributed by atoms with Crippen molar-refractivity contribution in [2.45, 2.75) is 19.9 Å². The van der Waals surface area contributed by atoms with Crippen LogP contribution in [0.5, 0.6) is 5.75 Å². The second-order valence-electron chi connectivity index (χ2n) is 4.73. The predicted molar refractivity (Wildman–Crippen MR) is 112 cm³/mol. The lowest BCUT2D eigenvalue weighted by Gasteiger charge is -2.11. The maximum atomic E-state index is 5.83. The number of guanidine groups is 1. The minimum absolute atomic E-state index is 0. The lowest BCUT2D eigenvalue weighted by Crippen LogP contribution is -2.38. The van der Waals surface area contributed by atoms with Crippen LogP contribution in [0.2, 0.25) is 5.02 Å². The number of benzene rings is 1. The number of hydrogen-bond acceptors (Lipinski definition) is 4. The molecule has 1 aromatic heterocycles. The van der Waals surface area contributed by atoms with Crippen molar-refractivity contribution in [3.05, 3.63) is 45.4 Å². The Balaban J connectivity index is 0.00000288. The van der Waals surface area contributed by atoms with Crippen molar-refractivity contribution < 1.29 is 4.74 Å². The van der Waals surface area contributed by atoms with E-state index in [-0.39, 0.29) is 24.0 Å². The molecular formula is C16H22ClIN4OS. The fraction of sp³-hybridized carbons (Fsp3) is 0.375. The van der Waals surface area contributed by atoms with E-state index < -0.39 is 0 Å². The number of aryl methyl sites for hydroxylation is 1. The average molecular weight is 481 g/mol. The molecule has 0 atom stereocenters. The third-order valence-electron chi connectivity index (χ3n) is 3.06. The van der Waals surface area contributed by atoms with Gasteiger partial charge in [0.2, 0.25) is 0 Å². The number of halogens is 2. The van der Waals surface area contributed by atoms with Gasteiger partial charge in [-0.1, -0.05) is 18.5 Å². The van der Waals surface area contributed by atoms with E-state index in [4.69, 9.17) is 16.3 Å². The maximum Gasteiger partial charge on any atom is 0.191 e. The van der Waals surface area contributed by atoms with E-state index in [2.05, 4.69) is 27.5 Å². The van der Waals surface area contributed by atoms with Gasteiger partial charge in [-0.25, -0.2) is 4.98 Å². The zero-order chi connectivity index (χ0) is 16.5. The first-order valence-electron chi connectivity index (χ1n) is 7.47. The molecule has 0 aliphatic rings. The quantitative estimate of drug-likeness (QED) is 0.274. The first kappa shape index (κ1) is 21.0. The zero-order valence-electron chi connectivity index (χ0n) is 13.7. The summed E-state index contributed by atoms with van der Waals surface area (Å²) in [5, 5.41) is 8.21. The summed E-state index contributed by atoms with van der Waals surface area (Å²) in [6.07, 6.45) is 2.95. The number of aliphatic imine (C=N–C) groups is 1. The van der Waals surface area contributed by atoms with Crippen LogP contribution in [-0.4, -0.2) is 31.1 Å². The van der Waals surface area contributed by atoms with Crippen LogP contribution >= 0.6 is 46.9 Å². The summed E-state index contributed by atoms with van der Waals surface area (Å²) < 4.78 is 5.62. The predicted octanol–water partition coefficient (Wildman–Crippen LogP) is 3.72. The zero-order valence-corrected chi connectivity index (χ0v) is 17.6. The summed E-state index contributed by atoms with van der Waals surface area (Å²) in [5.41, 5.74) is 0. The number of aromatic nitrogens is 1. The fourth-order valence-electron chi connectivity index (χ4n) is 1.84. The van der Waals surface area contributed by atoms with E-state index in [9.17, 15) is 0 Å². The van der Waals surface area contributed by atoms with Crippen LogP contribution < -0.4 is 15.4 Å². The second-order valence-corrected chi connectivity index (χ2v) is 6.36. The number of thiazole rings is 1. The molecule has 8 heteroatoms. The highest BCUT2D eigenvalue weighted by Crippen LogP contribution is 2.15. The third-order valence-corrected chi connectivity index (χ3v) is 4.45. The number of nitrogens with zero attached hydrogens (tertiary/aromatic N) is 2. The number of hydrogen-bond donors (Lipinski definition) is 2. The van der Waals surface area contributed by atoms with Gasteiger partial charge in [-0.15, -0.1) is 35.3 Å². The Labute approximate surface area is 168 Å². The Morgan fingerprint density at radius 2 is 2.04 bits per heavy atom. The Morgan fingerprint density at radius 3 is 2.67 bits per heavy atom. The molecule has 2 rings (SSSR count). The molecule has 0 amide bonds. The van der Waals surface area contributed by atoms with Gasteiger partial charge in [0, 0.05) is 23.1 Å². The van der Waals surface area contributed by atoms with Crippen LogP contribution in [0.1, 0.15) is 16.8 Å². The molecule has 1 heterocycles. The van der Waals surface area contributed by atoms with E-state index in [1.54, 1.807) is 18.4 Å². The van der Waals surface area contributed by atoms with Crippen molar-refractivity contribution in [2.24, 2.45) is 4.99 Å². The molecule has 0 spiro atoms. The minimum atomic E-state index is 0. The molecule has 0 unspecified atom stereocenters. The highest BCUT2D eigenvalue weighted by Gasteiger charge is 2.02. The van der Waals surface area contributed by atoms with Gasteiger partial charge in [0.1, 0.15) is 17.4 Å². The van der Waals surface area contributed by atoms with Gasteiger partial charge in [0.15, 0.2) is 5.96 Å². The van der Waals surface area contributed by atoms with Crippen LogP contribution in [0, 0.1) is 0 Å². The Hall–Kier alpha value is -1.06. The molecule has 132 valence electrons. The number of nitrogens with one attached hydrogen (secondary N) is 2. The maximum absolute atomic E-state index is 5.83. The summed E-state index contributed by atoms with van der Waals surface area (Å²) >= 11 is 7.55. The summed E-state index contributed by atoms with van der Waals surface area (Å²) in [6, 6.07) is 7.32. The molecule has 0 saturated carbocycles. The molecular weight excluding hydrogens is 459 g/mol. The molecule has 24 heavy (non-hydrogen) atoms. The number of rotatable bonds is 7. The van der Waals surface area contributed by atoms with E-state index in [0.29, 0.717) is 24.7 Å². The highest BCUT2D eigenvalue weighted by atomic mass is 127. The first-order valence-corrected chi connectivity index (χ1v) is 8.67. The van der Waals surface area contributed by atoms with Gasteiger partial charge in [-0.2, -0.15) is 0 Å². The highest BCUT2D eigenvalue weighted by molar-refractivity contribution is 14.0. The van der Waals surface area contributed by atoms with Gasteiger partial charge >= 0.3 is 0 Å². The Kier molecular flexibility index (Phi) is 10.0. The van der Waals surface area contributed by atoms with Gasteiger partial charge in [0.05, 0.1) is 13.1 Å². The van der Waals surface area contributed by atoms with E-state index in [0.717, 1.165) is 23.1 Å². The van der Waals surface area contributed by atoms with E-state index in [1.165, 1.54) is 4.88 Å². The smallest absolute Gasteiger partial charge is 0.191 e. The van der Waals surface area contributed by atoms with Gasteiger partial charge in [-0.05, 0) is 30.7 Å². The van der Waals surface area contributed by atoms with Crippen LogP contribution in [0.3, 0.4) is 0 Å². The van der Waals surface area contributed by atoms with Crippen molar-refractivity contribution in [2.75, 3.05) is 20.2 Å². The normalized spacial score (nSPS) is 10.9. The van der Waals surface area contributed by atoms with Gasteiger partial charge in [-0.3, -0.25) is 4.99 Å². The molecule has 0 radical (unpaired) electrons. The Morgan fingerprint density at radius 1 is 1.29 bits per heavy atom. The van der Waals surface area contributed by atoms with Gasteiger partial charge in [0.25, 0.3) is 0 Å². The Bertz CT molecular complexity index is 633. The second kappa shape index (κ2) is 11.5. The fourth-order valence-corrected chi connectivity index (χ4v) is 2.77. The molecule has 0 aliphatic carbocycles. The standard InChI is InChI=1S/C16H21ClN4OS.HI/c1-3-14-10-20-15(23-14)11-21-16(18-2)19-8-9-22-13-6-4-12(17)5-7-13;/h4-7,10H,3,8-9,11H2,1-2H3,(H2,18,19,21);1H. The van der Waals surface area contributed by atoms with Crippen molar-refractivity contribution >= 4 is 52.9 Å². The van der Waals surface area contributed by atoms with Crippen LogP contribution in [-0.2, 0) is 13.0 Å². The van der Waals surface area contributed by atoms with Crippen molar-refractivity contribution in [3.8, 4) is 5.75 Å². The van der Waals surface area contributed by atoms with Crippen molar-refractivity contribution in [1.29, 1.82) is 0 Å². The lowest BCUT2D eigenvalue weighted by molar-refractivity contribution is 0.322. The molecule has 5 nitrogen and oxygen atoms in total. The molecule has 0 fully saturated rings. The summed E-state index contributed by atoms with van der Waals surface area (Å²) in [6.45, 7) is 3.99. The first-order chi connectivity index (χ1) is 11.2. The van der Waals surface area contributed by atoms with Gasteiger partial charge < -0.3 is 15.4 Å². The summed E-state index contributed by atoms with van der Waals surface area (Å²) in [4.78, 5) is 9.85. The molecule has 0 aliphatic heterocycles. The van der Waals surface area contributed by atoms with Crippen LogP contribution in [0.4, 0.5) is 0 Å². The summed E-state index contributed by atoms with van der Waals surface area (Å²) in [7, 11) is 1.74. The van der Waals surface area contributed by atoms with E-state index >= 15 is 0 Å². The molecule has 0 bridgehead atoms. The average Bonchev–Trinajstić information content (AvgIpc) is 3.04. The SMILES string of the molecule is CCc1cnc(CNC(=NC)NCCOc2ccc(Cl)cc2)s1.I. The van der Waals surface area contributed by atoms with Crippen LogP contribution in [0.15, 0.2) is 35.5 Å². The van der Waals surface area contributed by atoms with Crippen molar-refractivity contribution in [1.82, 2.24) is 15.6 Å². The molecule has 2 aromatic rings. The van der Waals surface area contributed by atoms with Crippen molar-refractivity contribution in [3.63, 3.8) is 0 Å².